The molecule has 0 saturated heterocycles. The van der Waals surface area contributed by atoms with Crippen LogP contribution in [0, 0.1) is 0 Å². The lowest BCUT2D eigenvalue weighted by molar-refractivity contribution is 0.425. The molecule has 0 aliphatic heterocycles. The highest BCUT2D eigenvalue weighted by molar-refractivity contribution is 7.99. The molecule has 0 amide bonds. The molecule has 5 nitrogen and oxygen atoms in total. The molecule has 1 aromatic rings. The average Bonchev–Trinajstić information content (AvgIpc) is 2.48. The third kappa shape index (κ3) is 2.71. The highest BCUT2D eigenvalue weighted by Crippen LogP contribution is 2.15. The minimum atomic E-state index is 0.259. The first-order chi connectivity index (χ1) is 5.72. The Bertz CT molecular complexity index is 237. The lowest BCUT2D eigenvalue weighted by atomic mass is 10.6. The number of anilines is 1. The zero-order valence-corrected chi connectivity index (χ0v) is 7.89. The van der Waals surface area contributed by atoms with Gasteiger partial charge in [-0.2, -0.15) is 16.7 Å². The summed E-state index contributed by atoms with van der Waals surface area (Å²) in [5.74, 6) is 6.49. The van der Waals surface area contributed by atoms with Crippen molar-refractivity contribution < 1.29 is 4.52 Å². The smallest absolute Gasteiger partial charge is 0.314 e. The predicted octanol–water partition coefficient (Wildman–Crippen LogP) is 0.997. The molecule has 0 spiro atoms. The molecule has 0 radical (unpaired) electrons. The van der Waals surface area contributed by atoms with Crippen LogP contribution in [0.3, 0.4) is 0 Å². The van der Waals surface area contributed by atoms with Crippen LogP contribution in [-0.4, -0.2) is 15.4 Å². The maximum Gasteiger partial charge on any atom is 0.335 e. The van der Waals surface area contributed by atoms with Crippen LogP contribution < -0.4 is 11.3 Å². The fourth-order valence-corrected chi connectivity index (χ4v) is 1.21. The van der Waals surface area contributed by atoms with Gasteiger partial charge in [-0.1, -0.05) is 19.0 Å². The van der Waals surface area contributed by atoms with E-state index in [2.05, 4.69) is 29.4 Å². The van der Waals surface area contributed by atoms with E-state index >= 15 is 0 Å². The normalized spacial score (nSPS) is 10.7. The van der Waals surface area contributed by atoms with Gasteiger partial charge >= 0.3 is 6.01 Å². The second kappa shape index (κ2) is 4.32. The number of rotatable bonds is 4. The number of hydrogen-bond acceptors (Lipinski definition) is 6. The summed E-state index contributed by atoms with van der Waals surface area (Å²) in [4.78, 5) is 3.97. The summed E-state index contributed by atoms with van der Waals surface area (Å²) in [6.07, 6.45) is 0. The second-order valence-electron chi connectivity index (χ2n) is 2.52. The SMILES string of the molecule is CC(C)SCc1noc(NN)n1. The summed E-state index contributed by atoms with van der Waals surface area (Å²) in [5, 5.41) is 4.28. The summed E-state index contributed by atoms with van der Waals surface area (Å²) >= 11 is 1.75. The number of thioether (sulfide) groups is 1. The van der Waals surface area contributed by atoms with E-state index in [4.69, 9.17) is 10.4 Å². The summed E-state index contributed by atoms with van der Waals surface area (Å²) < 4.78 is 4.74. The Morgan fingerprint density at radius 2 is 2.42 bits per heavy atom. The van der Waals surface area contributed by atoms with Gasteiger partial charge < -0.3 is 4.52 Å². The highest BCUT2D eigenvalue weighted by Gasteiger charge is 2.04. The van der Waals surface area contributed by atoms with E-state index in [9.17, 15) is 0 Å². The number of nitrogens with two attached hydrogens (primary N) is 1. The lowest BCUT2D eigenvalue weighted by Gasteiger charge is -1.98. The molecule has 0 unspecified atom stereocenters. The van der Waals surface area contributed by atoms with Gasteiger partial charge in [-0.3, -0.25) is 5.43 Å². The summed E-state index contributed by atoms with van der Waals surface area (Å²) in [5.41, 5.74) is 2.29. The quantitative estimate of drug-likeness (QED) is 0.542. The van der Waals surface area contributed by atoms with E-state index in [1.54, 1.807) is 11.8 Å². The van der Waals surface area contributed by atoms with Crippen molar-refractivity contribution in [2.75, 3.05) is 5.43 Å². The summed E-state index contributed by atoms with van der Waals surface area (Å²) in [7, 11) is 0. The number of nitrogens with zero attached hydrogens (tertiary/aromatic N) is 2. The topological polar surface area (TPSA) is 77.0 Å². The minimum absolute atomic E-state index is 0.259. The lowest BCUT2D eigenvalue weighted by Crippen LogP contribution is -2.06. The van der Waals surface area contributed by atoms with E-state index in [-0.39, 0.29) is 6.01 Å². The molecule has 0 aliphatic rings. The fourth-order valence-electron chi connectivity index (χ4n) is 0.612. The Hall–Kier alpha value is -0.750. The van der Waals surface area contributed by atoms with Gasteiger partial charge in [-0.15, -0.1) is 0 Å². The summed E-state index contributed by atoms with van der Waals surface area (Å²) in [6, 6.07) is 0.259. The van der Waals surface area contributed by atoms with Crippen LogP contribution in [0.1, 0.15) is 19.7 Å². The van der Waals surface area contributed by atoms with Crippen molar-refractivity contribution in [1.82, 2.24) is 10.1 Å². The van der Waals surface area contributed by atoms with Gasteiger partial charge in [0.05, 0.1) is 5.75 Å². The summed E-state index contributed by atoms with van der Waals surface area (Å²) in [6.45, 7) is 4.24. The fraction of sp³-hybridized carbons (Fsp3) is 0.667. The maximum absolute atomic E-state index is 5.07. The Morgan fingerprint density at radius 3 is 2.92 bits per heavy atom. The highest BCUT2D eigenvalue weighted by atomic mass is 32.2. The van der Waals surface area contributed by atoms with Crippen LogP contribution in [-0.2, 0) is 5.75 Å². The Balaban J connectivity index is 2.41. The Labute approximate surface area is 75.1 Å². The standard InChI is InChI=1S/C6H12N4OS/c1-4(2)12-3-5-8-6(9-7)11-10-5/h4H,3,7H2,1-2H3,(H,8,9,10). The molecule has 0 bridgehead atoms. The largest absolute Gasteiger partial charge is 0.335 e. The van der Waals surface area contributed by atoms with Crippen LogP contribution in [0.5, 0.6) is 0 Å². The van der Waals surface area contributed by atoms with E-state index in [1.165, 1.54) is 0 Å². The van der Waals surface area contributed by atoms with Gasteiger partial charge in [0.15, 0.2) is 5.82 Å². The maximum atomic E-state index is 5.07. The third-order valence-electron chi connectivity index (χ3n) is 1.14. The van der Waals surface area contributed by atoms with Crippen molar-refractivity contribution in [3.05, 3.63) is 5.82 Å². The number of hydrazine groups is 1. The van der Waals surface area contributed by atoms with Crippen molar-refractivity contribution >= 4 is 17.8 Å². The second-order valence-corrected chi connectivity index (χ2v) is 4.08. The molecular formula is C6H12N4OS. The van der Waals surface area contributed by atoms with Gasteiger partial charge in [-0.25, -0.2) is 5.84 Å². The first-order valence-corrected chi connectivity index (χ1v) is 4.68. The van der Waals surface area contributed by atoms with E-state index in [1.807, 2.05) is 0 Å². The first-order valence-electron chi connectivity index (χ1n) is 3.63. The Kier molecular flexibility index (Phi) is 3.36. The van der Waals surface area contributed by atoms with Gasteiger partial charge in [0.2, 0.25) is 0 Å². The number of aromatic nitrogens is 2. The molecule has 1 aromatic heterocycles. The van der Waals surface area contributed by atoms with Crippen LogP contribution in [0.25, 0.3) is 0 Å². The van der Waals surface area contributed by atoms with E-state index in [0.717, 1.165) is 5.75 Å². The zero-order chi connectivity index (χ0) is 8.97. The molecular weight excluding hydrogens is 176 g/mol. The molecule has 6 heteroatoms. The average molecular weight is 188 g/mol. The van der Waals surface area contributed by atoms with Gasteiger partial charge in [0.1, 0.15) is 0 Å². The van der Waals surface area contributed by atoms with Crippen LogP contribution in [0.2, 0.25) is 0 Å². The molecule has 0 fully saturated rings. The van der Waals surface area contributed by atoms with Crippen LogP contribution in [0.15, 0.2) is 4.52 Å². The van der Waals surface area contributed by atoms with Gasteiger partial charge in [0, 0.05) is 0 Å². The zero-order valence-electron chi connectivity index (χ0n) is 7.07. The molecule has 0 aliphatic carbocycles. The molecule has 68 valence electrons. The van der Waals surface area contributed by atoms with Crippen molar-refractivity contribution in [2.24, 2.45) is 5.84 Å². The molecule has 1 rings (SSSR count). The van der Waals surface area contributed by atoms with Gasteiger partial charge in [0.25, 0.3) is 0 Å². The van der Waals surface area contributed by atoms with Crippen molar-refractivity contribution in [2.45, 2.75) is 24.9 Å². The minimum Gasteiger partial charge on any atom is -0.314 e. The van der Waals surface area contributed by atoms with Crippen LogP contribution >= 0.6 is 11.8 Å². The first kappa shape index (κ1) is 9.34. The number of hydrogen-bond donors (Lipinski definition) is 2. The van der Waals surface area contributed by atoms with Gasteiger partial charge in [-0.05, 0) is 5.25 Å². The van der Waals surface area contributed by atoms with Crippen molar-refractivity contribution in [1.29, 1.82) is 0 Å². The van der Waals surface area contributed by atoms with E-state index < -0.39 is 0 Å². The predicted molar refractivity (Wildman–Crippen MR) is 48.5 cm³/mol. The third-order valence-corrected chi connectivity index (χ3v) is 2.23. The van der Waals surface area contributed by atoms with Crippen LogP contribution in [0.4, 0.5) is 6.01 Å². The Morgan fingerprint density at radius 1 is 1.67 bits per heavy atom. The van der Waals surface area contributed by atoms with Crippen molar-refractivity contribution in [3.63, 3.8) is 0 Å². The molecule has 0 saturated carbocycles. The molecule has 0 atom stereocenters. The number of nitrogen functional groups attached to an aromatic ring is 1. The van der Waals surface area contributed by atoms with E-state index in [0.29, 0.717) is 11.1 Å². The number of nitrogens with one attached hydrogen (secondary N) is 1. The van der Waals surface area contributed by atoms with Crippen molar-refractivity contribution in [3.8, 4) is 0 Å². The molecule has 12 heavy (non-hydrogen) atoms. The molecule has 0 aromatic carbocycles. The molecule has 1 heterocycles. The monoisotopic (exact) mass is 188 g/mol. The molecule has 3 N–H and O–H groups in total.